The van der Waals surface area contributed by atoms with Crippen LogP contribution in [0, 0.1) is 0 Å². The molecule has 2 rings (SSSR count). The maximum absolute atomic E-state index is 10.7. The highest BCUT2D eigenvalue weighted by atomic mass is 35.5. The maximum atomic E-state index is 10.7. The van der Waals surface area contributed by atoms with Crippen LogP contribution in [0.3, 0.4) is 0 Å². The van der Waals surface area contributed by atoms with E-state index in [1.807, 2.05) is 12.1 Å². The van der Waals surface area contributed by atoms with E-state index in [-0.39, 0.29) is 11.0 Å². The van der Waals surface area contributed by atoms with Crippen LogP contribution >= 0.6 is 35.0 Å². The number of pyridine rings is 1. The summed E-state index contributed by atoms with van der Waals surface area (Å²) in [6.45, 7) is 0. The Hall–Kier alpha value is -0.770. The van der Waals surface area contributed by atoms with Crippen molar-refractivity contribution in [2.75, 3.05) is 5.75 Å². The lowest BCUT2D eigenvalue weighted by atomic mass is 10.2. The summed E-state index contributed by atoms with van der Waals surface area (Å²) < 4.78 is 0. The van der Waals surface area contributed by atoms with E-state index in [0.29, 0.717) is 5.02 Å². The molecule has 0 spiro atoms. The molecule has 0 saturated heterocycles. The van der Waals surface area contributed by atoms with E-state index in [4.69, 9.17) is 23.2 Å². The van der Waals surface area contributed by atoms with Crippen LogP contribution in [0.2, 0.25) is 5.02 Å². The molecule has 0 atom stereocenters. The van der Waals surface area contributed by atoms with Crippen LogP contribution in [0.1, 0.15) is 0 Å². The van der Waals surface area contributed by atoms with Gasteiger partial charge in [0.15, 0.2) is 0 Å². The van der Waals surface area contributed by atoms with Crippen LogP contribution in [0.15, 0.2) is 35.4 Å². The molecule has 0 aliphatic heterocycles. The third kappa shape index (κ3) is 2.67. The van der Waals surface area contributed by atoms with Crippen LogP contribution in [-0.4, -0.2) is 16.0 Å². The van der Waals surface area contributed by atoms with Crippen molar-refractivity contribution in [1.82, 2.24) is 4.98 Å². The average Bonchev–Trinajstić information content (AvgIpc) is 2.25. The molecule has 2 nitrogen and oxygen atoms in total. The van der Waals surface area contributed by atoms with Crippen LogP contribution in [-0.2, 0) is 4.79 Å². The number of benzene rings is 1. The Kier molecular flexibility index (Phi) is 3.69. The number of carbonyl (C=O) groups is 1. The molecular formula is C11H7Cl2NOS. The molecule has 1 aromatic heterocycles. The normalized spacial score (nSPS) is 10.6. The van der Waals surface area contributed by atoms with Gasteiger partial charge in [0, 0.05) is 21.5 Å². The van der Waals surface area contributed by atoms with Gasteiger partial charge in [-0.05, 0) is 29.8 Å². The molecule has 0 aliphatic rings. The molecule has 5 heteroatoms. The van der Waals surface area contributed by atoms with Gasteiger partial charge in [-0.1, -0.05) is 17.7 Å². The van der Waals surface area contributed by atoms with Gasteiger partial charge < -0.3 is 0 Å². The fraction of sp³-hybridized carbons (Fsp3) is 0.0909. The van der Waals surface area contributed by atoms with E-state index >= 15 is 0 Å². The van der Waals surface area contributed by atoms with Crippen molar-refractivity contribution >= 4 is 51.1 Å². The number of hydrogen-bond donors (Lipinski definition) is 0. The molecular weight excluding hydrogens is 265 g/mol. The molecule has 0 radical (unpaired) electrons. The molecule has 1 aromatic carbocycles. The van der Waals surface area contributed by atoms with Crippen molar-refractivity contribution in [1.29, 1.82) is 0 Å². The summed E-state index contributed by atoms with van der Waals surface area (Å²) in [5, 5.41) is 1.27. The molecule has 0 amide bonds. The first-order chi connectivity index (χ1) is 7.66. The number of nitrogens with zero attached hydrogens (tertiary/aromatic N) is 1. The summed E-state index contributed by atoms with van der Waals surface area (Å²) >= 11 is 12.6. The second kappa shape index (κ2) is 5.04. The number of rotatable bonds is 3. The van der Waals surface area contributed by atoms with Crippen molar-refractivity contribution in [3.05, 3.63) is 35.5 Å². The zero-order valence-electron chi connectivity index (χ0n) is 8.11. The molecule has 0 bridgehead atoms. The van der Waals surface area contributed by atoms with Gasteiger partial charge in [0.1, 0.15) is 0 Å². The third-order valence-corrected chi connectivity index (χ3v) is 3.61. The molecule has 0 saturated carbocycles. The first-order valence-electron chi connectivity index (χ1n) is 4.52. The Morgan fingerprint density at radius 2 is 2.19 bits per heavy atom. The lowest BCUT2D eigenvalue weighted by Gasteiger charge is -2.04. The highest BCUT2D eigenvalue weighted by Crippen LogP contribution is 2.28. The number of aromatic nitrogens is 1. The molecule has 16 heavy (non-hydrogen) atoms. The molecule has 2 aromatic rings. The fourth-order valence-corrected chi connectivity index (χ4v) is 2.44. The zero-order chi connectivity index (χ0) is 11.5. The molecule has 0 N–H and O–H groups in total. The largest absolute Gasteiger partial charge is 0.280 e. The monoisotopic (exact) mass is 271 g/mol. The van der Waals surface area contributed by atoms with Crippen LogP contribution < -0.4 is 0 Å². The van der Waals surface area contributed by atoms with Crippen LogP contribution in [0.5, 0.6) is 0 Å². The number of fused-ring (bicyclic) bond motifs is 1. The minimum atomic E-state index is -0.357. The van der Waals surface area contributed by atoms with Gasteiger partial charge in [0.25, 0.3) is 0 Å². The van der Waals surface area contributed by atoms with Crippen molar-refractivity contribution in [2.24, 2.45) is 0 Å². The van der Waals surface area contributed by atoms with Gasteiger partial charge in [0.05, 0.1) is 11.3 Å². The number of hydrogen-bond acceptors (Lipinski definition) is 3. The first-order valence-corrected chi connectivity index (χ1v) is 6.26. The van der Waals surface area contributed by atoms with Crippen molar-refractivity contribution in [3.8, 4) is 0 Å². The number of carbonyl (C=O) groups excluding carboxylic acids is 1. The van der Waals surface area contributed by atoms with Crippen molar-refractivity contribution in [3.63, 3.8) is 0 Å². The van der Waals surface area contributed by atoms with Crippen LogP contribution in [0.4, 0.5) is 0 Å². The Morgan fingerprint density at radius 3 is 2.94 bits per heavy atom. The Morgan fingerprint density at radius 1 is 1.38 bits per heavy atom. The Bertz CT molecular complexity index is 544. The molecule has 0 unspecified atom stereocenters. The summed E-state index contributed by atoms with van der Waals surface area (Å²) in [5.41, 5.74) is 0.819. The number of thioether (sulfide) groups is 1. The van der Waals surface area contributed by atoms with Crippen molar-refractivity contribution in [2.45, 2.75) is 4.90 Å². The highest BCUT2D eigenvalue weighted by molar-refractivity contribution is 8.00. The number of halogens is 2. The van der Waals surface area contributed by atoms with Crippen LogP contribution in [0.25, 0.3) is 10.9 Å². The standard InChI is InChI=1S/C11H7Cl2NOS/c12-7-1-2-8-9(5-7)14-4-3-10(8)16-6-11(13)15/h1-5H,6H2. The highest BCUT2D eigenvalue weighted by Gasteiger charge is 2.05. The lowest BCUT2D eigenvalue weighted by molar-refractivity contribution is -0.109. The lowest BCUT2D eigenvalue weighted by Crippen LogP contribution is -1.90. The second-order valence-corrected chi connectivity index (χ2v) is 4.99. The van der Waals surface area contributed by atoms with Crippen molar-refractivity contribution < 1.29 is 4.79 Å². The molecule has 82 valence electrons. The van der Waals surface area contributed by atoms with Gasteiger partial charge >= 0.3 is 0 Å². The quantitative estimate of drug-likeness (QED) is 0.629. The molecule has 0 aliphatic carbocycles. The summed E-state index contributed by atoms with van der Waals surface area (Å²) in [6, 6.07) is 7.36. The van der Waals surface area contributed by atoms with E-state index in [9.17, 15) is 4.79 Å². The molecule has 0 fully saturated rings. The summed E-state index contributed by atoms with van der Waals surface area (Å²) in [5.74, 6) is 0.253. The van der Waals surface area contributed by atoms with E-state index in [1.165, 1.54) is 11.8 Å². The summed E-state index contributed by atoms with van der Waals surface area (Å²) in [7, 11) is 0. The van der Waals surface area contributed by atoms with Gasteiger partial charge in [-0.25, -0.2) is 0 Å². The average molecular weight is 272 g/mol. The second-order valence-electron chi connectivity index (χ2n) is 3.11. The Balaban J connectivity index is 2.41. The SMILES string of the molecule is O=C(Cl)CSc1ccnc2cc(Cl)ccc12. The summed E-state index contributed by atoms with van der Waals surface area (Å²) in [4.78, 5) is 15.9. The minimum absolute atomic E-state index is 0.253. The van der Waals surface area contributed by atoms with Gasteiger partial charge in [-0.15, -0.1) is 11.8 Å². The van der Waals surface area contributed by atoms with E-state index in [2.05, 4.69) is 4.98 Å². The maximum Gasteiger partial charge on any atom is 0.231 e. The summed E-state index contributed by atoms with van der Waals surface area (Å²) in [6.07, 6.45) is 1.69. The molecule has 1 heterocycles. The smallest absolute Gasteiger partial charge is 0.231 e. The fourth-order valence-electron chi connectivity index (χ4n) is 1.36. The van der Waals surface area contributed by atoms with Gasteiger partial charge in [-0.2, -0.15) is 0 Å². The topological polar surface area (TPSA) is 30.0 Å². The Labute approximate surface area is 107 Å². The third-order valence-electron chi connectivity index (χ3n) is 2.01. The first kappa shape index (κ1) is 11.7. The van der Waals surface area contributed by atoms with E-state index < -0.39 is 0 Å². The van der Waals surface area contributed by atoms with E-state index in [0.717, 1.165) is 15.8 Å². The minimum Gasteiger partial charge on any atom is -0.280 e. The van der Waals surface area contributed by atoms with Gasteiger partial charge in [0.2, 0.25) is 5.24 Å². The van der Waals surface area contributed by atoms with Gasteiger partial charge in [-0.3, -0.25) is 9.78 Å². The predicted molar refractivity (Wildman–Crippen MR) is 68.3 cm³/mol. The van der Waals surface area contributed by atoms with E-state index in [1.54, 1.807) is 18.3 Å². The predicted octanol–water partition coefficient (Wildman–Crippen LogP) is 3.75. The zero-order valence-corrected chi connectivity index (χ0v) is 10.4.